The average molecular weight is 493 g/mol. The van der Waals surface area contributed by atoms with E-state index in [9.17, 15) is 4.79 Å². The van der Waals surface area contributed by atoms with Crippen molar-refractivity contribution in [1.29, 1.82) is 0 Å². The van der Waals surface area contributed by atoms with Crippen LogP contribution in [0.15, 0.2) is 58.1 Å². The molecule has 0 unspecified atom stereocenters. The van der Waals surface area contributed by atoms with Gasteiger partial charge in [0.05, 0.1) is 17.2 Å². The first kappa shape index (κ1) is 22.0. The summed E-state index contributed by atoms with van der Waals surface area (Å²) in [6, 6.07) is 15.3. The second kappa shape index (κ2) is 9.91. The zero-order chi connectivity index (χ0) is 22.5. The van der Waals surface area contributed by atoms with E-state index in [4.69, 9.17) is 15.7 Å². The number of anilines is 1. The van der Waals surface area contributed by atoms with Gasteiger partial charge >= 0.3 is 0 Å². The Hall–Kier alpha value is -3.26. The Bertz CT molecular complexity index is 1300. The fraction of sp³-hybridized carbons (Fsp3) is 0.250. The summed E-state index contributed by atoms with van der Waals surface area (Å²) in [6.07, 6.45) is 5.99. The highest BCUT2D eigenvalue weighted by Crippen LogP contribution is 2.28. The quantitative estimate of drug-likeness (QED) is 0.263. The number of hydrogen-bond donors (Lipinski definition) is 2. The maximum atomic E-state index is 13.1. The van der Waals surface area contributed by atoms with Crippen molar-refractivity contribution in [2.75, 3.05) is 12.3 Å². The van der Waals surface area contributed by atoms with Crippen molar-refractivity contribution >= 4 is 56.1 Å². The van der Waals surface area contributed by atoms with Gasteiger partial charge in [0.25, 0.3) is 5.91 Å². The zero-order valence-electron chi connectivity index (χ0n) is 17.9. The Balaban J connectivity index is 1.76. The van der Waals surface area contributed by atoms with Crippen molar-refractivity contribution < 1.29 is 4.79 Å². The molecular weight excluding hydrogens is 468 g/mol. The minimum atomic E-state index is -0.259. The molecule has 2 aromatic carbocycles. The Morgan fingerprint density at radius 1 is 1.12 bits per heavy atom. The number of carbonyl (C=O) groups excluding carboxylic acids is 1. The number of nitrogens with one attached hydrogen (secondary N) is 1. The maximum absolute atomic E-state index is 13.1. The normalized spacial score (nSPS) is 11.6. The molecule has 32 heavy (non-hydrogen) atoms. The number of para-hydroxylation sites is 2. The smallest absolute Gasteiger partial charge is 0.257 e. The van der Waals surface area contributed by atoms with E-state index in [1.165, 1.54) is 4.68 Å². The average Bonchev–Trinajstić information content (AvgIpc) is 3.06. The molecule has 0 aliphatic heterocycles. The summed E-state index contributed by atoms with van der Waals surface area (Å²) in [7, 11) is 0. The molecule has 164 valence electrons. The van der Waals surface area contributed by atoms with Crippen LogP contribution in [0.1, 0.15) is 48.5 Å². The van der Waals surface area contributed by atoms with Gasteiger partial charge in [-0.2, -0.15) is 9.78 Å². The molecule has 0 fully saturated rings. The maximum Gasteiger partial charge on any atom is 0.257 e. The van der Waals surface area contributed by atoms with Crippen LogP contribution in [0.4, 0.5) is 5.82 Å². The van der Waals surface area contributed by atoms with Gasteiger partial charge in [0, 0.05) is 11.0 Å². The minimum Gasteiger partial charge on any atom is -0.383 e. The van der Waals surface area contributed by atoms with E-state index in [-0.39, 0.29) is 11.7 Å². The van der Waals surface area contributed by atoms with Crippen LogP contribution in [-0.4, -0.2) is 33.3 Å². The largest absolute Gasteiger partial charge is 0.383 e. The van der Waals surface area contributed by atoms with Crippen molar-refractivity contribution in [1.82, 2.24) is 20.0 Å². The van der Waals surface area contributed by atoms with Crippen LogP contribution < -0.4 is 11.1 Å². The molecular formula is C24H25BrN6O. The highest BCUT2D eigenvalue weighted by molar-refractivity contribution is 9.10. The molecule has 0 atom stereocenters. The molecule has 0 saturated carbocycles. The van der Waals surface area contributed by atoms with Crippen LogP contribution in [-0.2, 0) is 0 Å². The second-order valence-corrected chi connectivity index (χ2v) is 8.49. The summed E-state index contributed by atoms with van der Waals surface area (Å²) in [6.45, 7) is 2.75. The topological polar surface area (TPSA) is 98.2 Å². The van der Waals surface area contributed by atoms with Crippen molar-refractivity contribution in [2.45, 2.75) is 32.6 Å². The highest BCUT2D eigenvalue weighted by atomic mass is 79.9. The number of nitrogens with two attached hydrogens (primary N) is 1. The zero-order valence-corrected chi connectivity index (χ0v) is 19.5. The third kappa shape index (κ3) is 4.65. The number of benzene rings is 2. The van der Waals surface area contributed by atoms with Crippen LogP contribution in [0.3, 0.4) is 0 Å². The number of fused-ring (bicyclic) bond motifs is 2. The lowest BCUT2D eigenvalue weighted by Crippen LogP contribution is -2.25. The molecule has 1 amide bonds. The molecule has 4 aromatic rings. The van der Waals surface area contributed by atoms with E-state index in [2.05, 4.69) is 33.3 Å². The number of nitrogens with zero attached hydrogens (tertiary/aromatic N) is 4. The van der Waals surface area contributed by atoms with Crippen LogP contribution in [0.5, 0.6) is 0 Å². The summed E-state index contributed by atoms with van der Waals surface area (Å²) >= 11 is 3.46. The van der Waals surface area contributed by atoms with E-state index in [1.807, 2.05) is 48.5 Å². The van der Waals surface area contributed by atoms with Crippen molar-refractivity contribution in [3.63, 3.8) is 0 Å². The number of nitrogen functional groups attached to an aromatic ring is 1. The molecule has 0 radical (unpaired) electrons. The molecule has 2 aromatic heterocycles. The van der Waals surface area contributed by atoms with Crippen LogP contribution in [0, 0.1) is 0 Å². The fourth-order valence-electron chi connectivity index (χ4n) is 3.54. The van der Waals surface area contributed by atoms with Gasteiger partial charge in [-0.15, -0.1) is 0 Å². The molecule has 8 heteroatoms. The number of rotatable bonds is 8. The molecule has 0 spiro atoms. The first-order valence-electron chi connectivity index (χ1n) is 10.7. The number of carbonyl (C=O) groups is 1. The predicted octanol–water partition coefficient (Wildman–Crippen LogP) is 5.12. The van der Waals surface area contributed by atoms with E-state index in [0.29, 0.717) is 34.3 Å². The Labute approximate surface area is 194 Å². The first-order chi connectivity index (χ1) is 15.6. The molecule has 4 rings (SSSR count). The number of halogens is 1. The molecule has 0 aliphatic rings. The van der Waals surface area contributed by atoms with Crippen LogP contribution in [0.2, 0.25) is 0 Å². The molecule has 2 heterocycles. The fourth-order valence-corrected chi connectivity index (χ4v) is 3.96. The van der Waals surface area contributed by atoms with Gasteiger partial charge in [0.1, 0.15) is 16.9 Å². The summed E-state index contributed by atoms with van der Waals surface area (Å²) in [5, 5.41) is 7.51. The van der Waals surface area contributed by atoms with Gasteiger partial charge in [-0.1, -0.05) is 66.4 Å². The molecule has 0 saturated heterocycles. The third-order valence-electron chi connectivity index (χ3n) is 5.19. The van der Waals surface area contributed by atoms with Crippen molar-refractivity contribution in [2.24, 2.45) is 5.10 Å². The van der Waals surface area contributed by atoms with E-state index in [0.717, 1.165) is 35.7 Å². The lowest BCUT2D eigenvalue weighted by atomic mass is 10.2. The number of hydrogen-bond acceptors (Lipinski definition) is 5. The summed E-state index contributed by atoms with van der Waals surface area (Å²) < 4.78 is 2.43. The Kier molecular flexibility index (Phi) is 6.80. The van der Waals surface area contributed by atoms with Crippen LogP contribution >= 0.6 is 15.9 Å². The minimum absolute atomic E-state index is 0.215. The molecule has 0 aliphatic carbocycles. The molecule has 7 nitrogen and oxygen atoms in total. The van der Waals surface area contributed by atoms with Crippen molar-refractivity contribution in [3.8, 4) is 0 Å². The number of aromatic nitrogens is 3. The van der Waals surface area contributed by atoms with Gasteiger partial charge in [-0.3, -0.25) is 4.79 Å². The SMILES string of the molecule is CCCCCCNC(=O)c1c(N)n(/N=C\c2cccc(Br)c2)c2nc3ccccc3nc12. The van der Waals surface area contributed by atoms with Gasteiger partial charge in [-0.05, 0) is 36.2 Å². The van der Waals surface area contributed by atoms with Gasteiger partial charge in [0.15, 0.2) is 5.65 Å². The number of unbranched alkanes of at least 4 members (excludes halogenated alkanes) is 3. The van der Waals surface area contributed by atoms with E-state index < -0.39 is 0 Å². The highest BCUT2D eigenvalue weighted by Gasteiger charge is 2.23. The molecule has 0 bridgehead atoms. The molecule has 3 N–H and O–H groups in total. The summed E-state index contributed by atoms with van der Waals surface area (Å²) in [4.78, 5) is 22.5. The van der Waals surface area contributed by atoms with Crippen LogP contribution in [0.25, 0.3) is 22.2 Å². The second-order valence-electron chi connectivity index (χ2n) is 7.57. The van der Waals surface area contributed by atoms with Gasteiger partial charge in [0.2, 0.25) is 0 Å². The van der Waals surface area contributed by atoms with Crippen molar-refractivity contribution in [3.05, 3.63) is 64.1 Å². The monoisotopic (exact) mass is 492 g/mol. The number of amides is 1. The van der Waals surface area contributed by atoms with Gasteiger partial charge in [-0.25, -0.2) is 9.97 Å². The first-order valence-corrected chi connectivity index (χ1v) is 11.5. The van der Waals surface area contributed by atoms with Gasteiger partial charge < -0.3 is 11.1 Å². The Morgan fingerprint density at radius 3 is 2.66 bits per heavy atom. The third-order valence-corrected chi connectivity index (χ3v) is 5.68. The summed E-state index contributed by atoms with van der Waals surface area (Å²) in [5.41, 5.74) is 9.92. The van der Waals surface area contributed by atoms with E-state index in [1.54, 1.807) is 6.21 Å². The lowest BCUT2D eigenvalue weighted by molar-refractivity contribution is 0.0955. The predicted molar refractivity (Wildman–Crippen MR) is 133 cm³/mol. The standard InChI is InChI=1S/C24H25BrN6O/c1-2-3-4-7-13-27-24(32)20-21-23(30-19-12-6-5-11-18(19)29-21)31(22(20)26)28-15-16-9-8-10-17(25)14-16/h5-6,8-12,14-15H,2-4,7,13,26H2,1H3,(H,27,32)/b28-15-. The van der Waals surface area contributed by atoms with E-state index >= 15 is 0 Å². The summed E-state index contributed by atoms with van der Waals surface area (Å²) in [5.74, 6) is -0.0439. The lowest BCUT2D eigenvalue weighted by Gasteiger charge is -2.05. The Morgan fingerprint density at radius 2 is 1.91 bits per heavy atom.